The molecule has 0 bridgehead atoms. The van der Waals surface area contributed by atoms with Crippen molar-refractivity contribution >= 4 is 17.0 Å². The largest absolute Gasteiger partial charge is 0.372 e. The number of nitrogens with zero attached hydrogens (tertiary/aromatic N) is 3. The first-order valence-corrected chi connectivity index (χ1v) is 5.51. The van der Waals surface area contributed by atoms with Gasteiger partial charge in [0.2, 0.25) is 0 Å². The van der Waals surface area contributed by atoms with Crippen molar-refractivity contribution < 1.29 is 4.74 Å². The van der Waals surface area contributed by atoms with Crippen molar-refractivity contribution in [1.29, 1.82) is 0 Å². The van der Waals surface area contributed by atoms with Gasteiger partial charge in [-0.05, 0) is 12.1 Å². The van der Waals surface area contributed by atoms with Crippen molar-refractivity contribution in [3.63, 3.8) is 0 Å². The van der Waals surface area contributed by atoms with Gasteiger partial charge in [-0.2, -0.15) is 0 Å². The molecule has 0 aliphatic heterocycles. The number of nitrogens with one attached hydrogen (secondary N) is 1. The number of aromatic amines is 1. The molecule has 0 fully saturated rings. The Hall–Kier alpha value is -1.66. The number of imidazole rings is 1. The fraction of sp³-hybridized carbons (Fsp3) is 0.455. The number of pyridine rings is 1. The van der Waals surface area contributed by atoms with E-state index in [-0.39, 0.29) is 0 Å². The maximum absolute atomic E-state index is 5.35. The summed E-state index contributed by atoms with van der Waals surface area (Å²) in [6.07, 6.45) is 0. The van der Waals surface area contributed by atoms with Gasteiger partial charge in [-0.25, -0.2) is 9.97 Å². The molecular weight excluding hydrogens is 218 g/mol. The van der Waals surface area contributed by atoms with Crippen molar-refractivity contribution in [3.8, 4) is 0 Å². The molecule has 2 aromatic heterocycles. The minimum atomic E-state index is 0.435. The van der Waals surface area contributed by atoms with E-state index in [1.807, 2.05) is 31.1 Å². The highest BCUT2D eigenvalue weighted by molar-refractivity contribution is 5.72. The molecule has 0 aliphatic rings. The molecule has 0 aliphatic carbocycles. The number of ether oxygens (including phenoxy) is 1. The third-order valence-corrected chi connectivity index (χ3v) is 2.34. The Morgan fingerprint density at radius 1 is 1.35 bits per heavy atom. The third kappa shape index (κ3) is 2.72. The molecular formula is C11H17N5O. The van der Waals surface area contributed by atoms with Gasteiger partial charge in [0.1, 0.15) is 18.2 Å². The normalized spacial score (nSPS) is 11.0. The average molecular weight is 235 g/mol. The Labute approximate surface area is 99.8 Å². The predicted molar refractivity (Wildman–Crippen MR) is 66.9 cm³/mol. The summed E-state index contributed by atoms with van der Waals surface area (Å²) in [6, 6.07) is 3.92. The molecule has 0 radical (unpaired) electrons. The highest BCUT2D eigenvalue weighted by Gasteiger charge is 2.06. The van der Waals surface area contributed by atoms with Crippen LogP contribution in [0.2, 0.25) is 0 Å². The molecule has 0 atom stereocenters. The first-order valence-electron chi connectivity index (χ1n) is 5.51. The molecule has 2 heterocycles. The Morgan fingerprint density at radius 3 is 2.88 bits per heavy atom. The van der Waals surface area contributed by atoms with Crippen LogP contribution in [0.15, 0.2) is 12.1 Å². The smallest absolute Gasteiger partial charge is 0.179 e. The molecule has 0 saturated heterocycles. The van der Waals surface area contributed by atoms with E-state index in [1.54, 1.807) is 0 Å². The van der Waals surface area contributed by atoms with Crippen LogP contribution in [-0.2, 0) is 11.3 Å². The summed E-state index contributed by atoms with van der Waals surface area (Å²) in [4.78, 5) is 13.9. The van der Waals surface area contributed by atoms with Gasteiger partial charge in [-0.3, -0.25) is 0 Å². The summed E-state index contributed by atoms with van der Waals surface area (Å²) in [5.74, 6) is 1.66. The lowest BCUT2D eigenvalue weighted by Gasteiger charge is -2.09. The van der Waals surface area contributed by atoms with Gasteiger partial charge in [0.05, 0.1) is 12.1 Å². The zero-order valence-corrected chi connectivity index (χ0v) is 10.1. The molecule has 6 heteroatoms. The standard InChI is InChI=1S/C11H17N5O/c1-16(2)10-4-3-8-11(15-10)14-9(13-8)7-17-6-5-12/h3-4H,5-7,12H2,1-2H3,(H,13,14,15). The lowest BCUT2D eigenvalue weighted by Crippen LogP contribution is -2.10. The number of rotatable bonds is 5. The topological polar surface area (TPSA) is 80.1 Å². The number of nitrogens with two attached hydrogens (primary N) is 1. The molecule has 0 unspecified atom stereocenters. The summed E-state index contributed by atoms with van der Waals surface area (Å²) in [5.41, 5.74) is 6.98. The van der Waals surface area contributed by atoms with Crippen LogP contribution in [0.25, 0.3) is 11.2 Å². The fourth-order valence-corrected chi connectivity index (χ4v) is 1.50. The predicted octanol–water partition coefficient (Wildman–Crippen LogP) is 0.499. The first-order chi connectivity index (χ1) is 8.20. The highest BCUT2D eigenvalue weighted by atomic mass is 16.5. The van der Waals surface area contributed by atoms with Crippen molar-refractivity contribution in [2.45, 2.75) is 6.61 Å². The van der Waals surface area contributed by atoms with E-state index in [4.69, 9.17) is 10.5 Å². The van der Waals surface area contributed by atoms with Gasteiger partial charge in [-0.15, -0.1) is 0 Å². The second kappa shape index (κ2) is 5.11. The highest BCUT2D eigenvalue weighted by Crippen LogP contribution is 2.14. The van der Waals surface area contributed by atoms with Crippen molar-refractivity contribution in [1.82, 2.24) is 15.0 Å². The zero-order chi connectivity index (χ0) is 12.3. The van der Waals surface area contributed by atoms with E-state index < -0.39 is 0 Å². The molecule has 6 nitrogen and oxygen atoms in total. The second-order valence-electron chi connectivity index (χ2n) is 3.96. The summed E-state index contributed by atoms with van der Waals surface area (Å²) in [5, 5.41) is 0. The summed E-state index contributed by atoms with van der Waals surface area (Å²) in [7, 11) is 3.90. The number of fused-ring (bicyclic) bond motifs is 1. The van der Waals surface area contributed by atoms with Crippen LogP contribution in [0.5, 0.6) is 0 Å². The Kier molecular flexibility index (Phi) is 3.55. The Morgan fingerprint density at radius 2 is 2.18 bits per heavy atom. The molecule has 0 amide bonds. The molecule has 0 saturated carbocycles. The van der Waals surface area contributed by atoms with Gasteiger partial charge < -0.3 is 20.4 Å². The Balaban J connectivity index is 2.18. The lowest BCUT2D eigenvalue weighted by molar-refractivity contribution is 0.123. The SMILES string of the molecule is CN(C)c1ccc2[nH]c(COCCN)nc2n1. The van der Waals surface area contributed by atoms with Gasteiger partial charge in [0.15, 0.2) is 5.65 Å². The number of aromatic nitrogens is 3. The monoisotopic (exact) mass is 235 g/mol. The molecule has 17 heavy (non-hydrogen) atoms. The van der Waals surface area contributed by atoms with Crippen LogP contribution in [0, 0.1) is 0 Å². The van der Waals surface area contributed by atoms with Crippen LogP contribution in [0.3, 0.4) is 0 Å². The lowest BCUT2D eigenvalue weighted by atomic mass is 10.4. The minimum Gasteiger partial charge on any atom is -0.372 e. The maximum Gasteiger partial charge on any atom is 0.179 e. The zero-order valence-electron chi connectivity index (χ0n) is 10.1. The van der Waals surface area contributed by atoms with E-state index in [1.165, 1.54) is 0 Å². The van der Waals surface area contributed by atoms with E-state index >= 15 is 0 Å². The van der Waals surface area contributed by atoms with Crippen LogP contribution >= 0.6 is 0 Å². The molecule has 3 N–H and O–H groups in total. The molecule has 0 spiro atoms. The average Bonchev–Trinajstić information content (AvgIpc) is 2.70. The second-order valence-corrected chi connectivity index (χ2v) is 3.96. The van der Waals surface area contributed by atoms with E-state index in [2.05, 4.69) is 15.0 Å². The Bertz CT molecular complexity index is 494. The molecule has 2 aromatic rings. The number of hydrogen-bond acceptors (Lipinski definition) is 5. The number of hydrogen-bond donors (Lipinski definition) is 2. The summed E-state index contributed by atoms with van der Waals surface area (Å²) in [6.45, 7) is 1.49. The molecule has 0 aromatic carbocycles. The summed E-state index contributed by atoms with van der Waals surface area (Å²) < 4.78 is 5.32. The van der Waals surface area contributed by atoms with Gasteiger partial charge in [0.25, 0.3) is 0 Å². The van der Waals surface area contributed by atoms with Crippen LogP contribution in [0.4, 0.5) is 5.82 Å². The van der Waals surface area contributed by atoms with Crippen LogP contribution in [-0.4, -0.2) is 42.2 Å². The maximum atomic E-state index is 5.35. The van der Waals surface area contributed by atoms with Crippen LogP contribution < -0.4 is 10.6 Å². The first kappa shape index (κ1) is 11.8. The van der Waals surface area contributed by atoms with Crippen molar-refractivity contribution in [2.75, 3.05) is 32.1 Å². The van der Waals surface area contributed by atoms with E-state index in [9.17, 15) is 0 Å². The van der Waals surface area contributed by atoms with Crippen molar-refractivity contribution in [3.05, 3.63) is 18.0 Å². The number of H-pyrrole nitrogens is 1. The van der Waals surface area contributed by atoms with Crippen molar-refractivity contribution in [2.24, 2.45) is 5.73 Å². The van der Waals surface area contributed by atoms with Crippen LogP contribution in [0.1, 0.15) is 5.82 Å². The third-order valence-electron chi connectivity index (χ3n) is 2.34. The summed E-state index contributed by atoms with van der Waals surface area (Å²) >= 11 is 0. The quantitative estimate of drug-likeness (QED) is 0.738. The van der Waals surface area contributed by atoms with Gasteiger partial charge in [0, 0.05) is 20.6 Å². The fourth-order valence-electron chi connectivity index (χ4n) is 1.50. The molecule has 92 valence electrons. The van der Waals surface area contributed by atoms with E-state index in [0.717, 1.165) is 17.2 Å². The van der Waals surface area contributed by atoms with E-state index in [0.29, 0.717) is 25.4 Å². The van der Waals surface area contributed by atoms with Gasteiger partial charge in [-0.1, -0.05) is 0 Å². The van der Waals surface area contributed by atoms with Gasteiger partial charge >= 0.3 is 0 Å². The minimum absolute atomic E-state index is 0.435. The molecule has 2 rings (SSSR count). The number of anilines is 1.